The molecule has 1 atom stereocenters. The van der Waals surface area contributed by atoms with Crippen molar-refractivity contribution in [3.63, 3.8) is 0 Å². The second kappa shape index (κ2) is 4.62. The third kappa shape index (κ3) is 2.86. The fourth-order valence-electron chi connectivity index (χ4n) is 1.17. The fourth-order valence-corrected chi connectivity index (χ4v) is 1.17. The molecule has 0 fully saturated rings. The SMILES string of the molecule is CCC(C)(CO)NCc1ccc(C)o1. The van der Waals surface area contributed by atoms with E-state index in [1.54, 1.807) is 0 Å². The molecule has 14 heavy (non-hydrogen) atoms. The van der Waals surface area contributed by atoms with Crippen molar-refractivity contribution in [3.05, 3.63) is 23.7 Å². The predicted octanol–water partition coefficient (Wildman–Crippen LogP) is 1.84. The van der Waals surface area contributed by atoms with E-state index >= 15 is 0 Å². The molecule has 0 spiro atoms. The number of aryl methyl sites for hydroxylation is 1. The van der Waals surface area contributed by atoms with Gasteiger partial charge in [-0.3, -0.25) is 0 Å². The van der Waals surface area contributed by atoms with Crippen LogP contribution in [0.3, 0.4) is 0 Å². The first kappa shape index (κ1) is 11.3. The Morgan fingerprint density at radius 3 is 2.64 bits per heavy atom. The van der Waals surface area contributed by atoms with Gasteiger partial charge in [-0.25, -0.2) is 0 Å². The van der Waals surface area contributed by atoms with Gasteiger partial charge in [0.15, 0.2) is 0 Å². The third-order valence-electron chi connectivity index (χ3n) is 2.61. The molecular formula is C11H19NO2. The maximum absolute atomic E-state index is 9.18. The van der Waals surface area contributed by atoms with E-state index in [0.717, 1.165) is 17.9 Å². The van der Waals surface area contributed by atoms with E-state index in [2.05, 4.69) is 12.2 Å². The van der Waals surface area contributed by atoms with E-state index < -0.39 is 0 Å². The van der Waals surface area contributed by atoms with Crippen molar-refractivity contribution < 1.29 is 9.52 Å². The van der Waals surface area contributed by atoms with Crippen molar-refractivity contribution in [2.24, 2.45) is 0 Å². The summed E-state index contributed by atoms with van der Waals surface area (Å²) in [7, 11) is 0. The summed E-state index contributed by atoms with van der Waals surface area (Å²) in [5.41, 5.74) is -0.208. The van der Waals surface area contributed by atoms with Crippen molar-refractivity contribution >= 4 is 0 Å². The quantitative estimate of drug-likeness (QED) is 0.757. The van der Waals surface area contributed by atoms with Crippen LogP contribution in [0.4, 0.5) is 0 Å². The van der Waals surface area contributed by atoms with Crippen LogP contribution in [-0.4, -0.2) is 17.3 Å². The molecule has 1 heterocycles. The van der Waals surface area contributed by atoms with Crippen molar-refractivity contribution in [2.45, 2.75) is 39.3 Å². The zero-order chi connectivity index (χ0) is 10.6. The van der Waals surface area contributed by atoms with Gasteiger partial charge in [-0.1, -0.05) is 6.92 Å². The second-order valence-corrected chi connectivity index (χ2v) is 3.94. The van der Waals surface area contributed by atoms with Gasteiger partial charge in [0.2, 0.25) is 0 Å². The van der Waals surface area contributed by atoms with Gasteiger partial charge >= 0.3 is 0 Å². The number of furan rings is 1. The summed E-state index contributed by atoms with van der Waals surface area (Å²) >= 11 is 0. The van der Waals surface area contributed by atoms with Gasteiger partial charge in [-0.15, -0.1) is 0 Å². The molecule has 0 aliphatic rings. The average molecular weight is 197 g/mol. The first-order chi connectivity index (χ1) is 6.59. The highest BCUT2D eigenvalue weighted by Crippen LogP contribution is 2.11. The monoisotopic (exact) mass is 197 g/mol. The largest absolute Gasteiger partial charge is 0.465 e. The Hall–Kier alpha value is -0.800. The van der Waals surface area contributed by atoms with Crippen LogP contribution in [0.25, 0.3) is 0 Å². The maximum atomic E-state index is 9.18. The van der Waals surface area contributed by atoms with Gasteiger partial charge in [-0.2, -0.15) is 0 Å². The molecule has 0 saturated heterocycles. The standard InChI is InChI=1S/C11H19NO2/c1-4-11(3,8-13)12-7-10-6-5-9(2)14-10/h5-6,12-13H,4,7-8H2,1-3H3. The second-order valence-electron chi connectivity index (χ2n) is 3.94. The van der Waals surface area contributed by atoms with Crippen LogP contribution in [0, 0.1) is 6.92 Å². The minimum atomic E-state index is -0.208. The van der Waals surface area contributed by atoms with E-state index in [1.807, 2.05) is 26.0 Å². The Bertz CT molecular complexity index is 277. The molecule has 1 aromatic heterocycles. The highest BCUT2D eigenvalue weighted by molar-refractivity contribution is 5.05. The van der Waals surface area contributed by atoms with Crippen LogP contribution < -0.4 is 5.32 Å². The van der Waals surface area contributed by atoms with E-state index in [9.17, 15) is 5.11 Å². The highest BCUT2D eigenvalue weighted by Gasteiger charge is 2.19. The number of nitrogens with one attached hydrogen (secondary N) is 1. The number of hydrogen-bond donors (Lipinski definition) is 2. The van der Waals surface area contributed by atoms with Crippen LogP contribution in [0.1, 0.15) is 31.8 Å². The first-order valence-electron chi connectivity index (χ1n) is 5.01. The number of hydrogen-bond acceptors (Lipinski definition) is 3. The lowest BCUT2D eigenvalue weighted by Gasteiger charge is -2.26. The van der Waals surface area contributed by atoms with E-state index in [-0.39, 0.29) is 12.1 Å². The van der Waals surface area contributed by atoms with Gasteiger partial charge in [-0.05, 0) is 32.4 Å². The Morgan fingerprint density at radius 2 is 2.21 bits per heavy atom. The first-order valence-corrected chi connectivity index (χ1v) is 5.01. The molecule has 0 aliphatic carbocycles. The average Bonchev–Trinajstić information content (AvgIpc) is 2.61. The van der Waals surface area contributed by atoms with Crippen LogP contribution in [0.2, 0.25) is 0 Å². The lowest BCUT2D eigenvalue weighted by molar-refractivity contribution is 0.166. The summed E-state index contributed by atoms with van der Waals surface area (Å²) in [5.74, 6) is 1.83. The lowest BCUT2D eigenvalue weighted by atomic mass is 10.0. The molecule has 3 nitrogen and oxygen atoms in total. The lowest BCUT2D eigenvalue weighted by Crippen LogP contribution is -2.44. The zero-order valence-corrected chi connectivity index (χ0v) is 9.13. The van der Waals surface area contributed by atoms with Crippen LogP contribution >= 0.6 is 0 Å². The van der Waals surface area contributed by atoms with Crippen LogP contribution in [-0.2, 0) is 6.54 Å². The van der Waals surface area contributed by atoms with Gasteiger partial charge in [0.25, 0.3) is 0 Å². The Kier molecular flexibility index (Phi) is 3.72. The molecule has 0 saturated carbocycles. The third-order valence-corrected chi connectivity index (χ3v) is 2.61. The molecular weight excluding hydrogens is 178 g/mol. The van der Waals surface area contributed by atoms with Gasteiger partial charge in [0.05, 0.1) is 13.2 Å². The predicted molar refractivity (Wildman–Crippen MR) is 56.1 cm³/mol. The van der Waals surface area contributed by atoms with Crippen molar-refractivity contribution in [3.8, 4) is 0 Å². The van der Waals surface area contributed by atoms with E-state index in [0.29, 0.717) is 6.54 Å². The van der Waals surface area contributed by atoms with Crippen molar-refractivity contribution in [1.29, 1.82) is 0 Å². The van der Waals surface area contributed by atoms with E-state index in [4.69, 9.17) is 4.42 Å². The summed E-state index contributed by atoms with van der Waals surface area (Å²) in [6.07, 6.45) is 0.892. The van der Waals surface area contributed by atoms with Gasteiger partial charge < -0.3 is 14.8 Å². The van der Waals surface area contributed by atoms with Crippen LogP contribution in [0.15, 0.2) is 16.5 Å². The van der Waals surface area contributed by atoms with E-state index in [1.165, 1.54) is 0 Å². The van der Waals surface area contributed by atoms with Crippen LogP contribution in [0.5, 0.6) is 0 Å². The molecule has 0 radical (unpaired) electrons. The highest BCUT2D eigenvalue weighted by atomic mass is 16.3. The molecule has 0 aliphatic heterocycles. The molecule has 3 heteroatoms. The molecule has 0 amide bonds. The summed E-state index contributed by atoms with van der Waals surface area (Å²) in [6, 6.07) is 3.90. The maximum Gasteiger partial charge on any atom is 0.117 e. The Balaban J connectivity index is 2.47. The molecule has 80 valence electrons. The number of rotatable bonds is 5. The summed E-state index contributed by atoms with van der Waals surface area (Å²) in [6.45, 7) is 6.79. The minimum absolute atomic E-state index is 0.142. The van der Waals surface area contributed by atoms with Crippen molar-refractivity contribution in [1.82, 2.24) is 5.32 Å². The molecule has 0 bridgehead atoms. The molecule has 1 unspecified atom stereocenters. The summed E-state index contributed by atoms with van der Waals surface area (Å²) in [4.78, 5) is 0. The minimum Gasteiger partial charge on any atom is -0.465 e. The zero-order valence-electron chi connectivity index (χ0n) is 9.13. The van der Waals surface area contributed by atoms with Gasteiger partial charge in [0.1, 0.15) is 11.5 Å². The molecule has 1 aromatic rings. The Morgan fingerprint density at radius 1 is 1.50 bits per heavy atom. The normalized spacial score (nSPS) is 15.4. The summed E-state index contributed by atoms with van der Waals surface area (Å²) in [5, 5.41) is 12.5. The fraction of sp³-hybridized carbons (Fsp3) is 0.636. The van der Waals surface area contributed by atoms with Gasteiger partial charge in [0, 0.05) is 5.54 Å². The number of aliphatic hydroxyl groups is 1. The molecule has 0 aromatic carbocycles. The topological polar surface area (TPSA) is 45.4 Å². The number of aliphatic hydroxyl groups excluding tert-OH is 1. The molecule has 2 N–H and O–H groups in total. The smallest absolute Gasteiger partial charge is 0.117 e. The summed E-state index contributed by atoms with van der Waals surface area (Å²) < 4.78 is 5.42. The molecule has 1 rings (SSSR count). The Labute approximate surface area is 85.1 Å². The van der Waals surface area contributed by atoms with Crippen molar-refractivity contribution in [2.75, 3.05) is 6.61 Å².